The zero-order chi connectivity index (χ0) is 9.61. The smallest absolute Gasteiger partial charge is 0.324 e. The van der Waals surface area contributed by atoms with Crippen molar-refractivity contribution in [3.8, 4) is 0 Å². The van der Waals surface area contributed by atoms with E-state index in [1.807, 2.05) is 13.8 Å². The highest BCUT2D eigenvalue weighted by Crippen LogP contribution is 2.34. The normalized spacial score (nSPS) is 12.4. The van der Waals surface area contributed by atoms with Gasteiger partial charge >= 0.3 is 7.60 Å². The van der Waals surface area contributed by atoms with E-state index in [0.29, 0.717) is 6.42 Å². The SMILES string of the molecule is CCN(CC)CCCP(=O)(O)O. The molecule has 0 atom stereocenters. The highest BCUT2D eigenvalue weighted by molar-refractivity contribution is 7.51. The topological polar surface area (TPSA) is 60.8 Å². The van der Waals surface area contributed by atoms with Crippen LogP contribution in [0.25, 0.3) is 0 Å². The fraction of sp³-hybridized carbons (Fsp3) is 1.00. The molecular weight excluding hydrogens is 177 g/mol. The molecule has 0 spiro atoms. The summed E-state index contributed by atoms with van der Waals surface area (Å²) in [6.45, 7) is 6.75. The molecule has 0 amide bonds. The molecule has 12 heavy (non-hydrogen) atoms. The zero-order valence-corrected chi connectivity index (χ0v) is 8.63. The third-order valence-electron chi connectivity index (χ3n) is 1.82. The van der Waals surface area contributed by atoms with E-state index in [2.05, 4.69) is 4.90 Å². The molecule has 0 aliphatic heterocycles. The van der Waals surface area contributed by atoms with Crippen LogP contribution >= 0.6 is 7.60 Å². The van der Waals surface area contributed by atoms with Gasteiger partial charge in [-0.25, -0.2) is 0 Å². The first-order valence-electron chi connectivity index (χ1n) is 4.26. The van der Waals surface area contributed by atoms with E-state index in [4.69, 9.17) is 9.79 Å². The number of hydrogen-bond acceptors (Lipinski definition) is 2. The number of nitrogens with zero attached hydrogens (tertiary/aromatic N) is 1. The van der Waals surface area contributed by atoms with Crippen LogP contribution in [0.1, 0.15) is 20.3 Å². The fourth-order valence-corrected chi connectivity index (χ4v) is 1.59. The Bertz CT molecular complexity index is 153. The Labute approximate surface area is 73.7 Å². The van der Waals surface area contributed by atoms with Gasteiger partial charge < -0.3 is 14.7 Å². The lowest BCUT2D eigenvalue weighted by atomic mass is 10.4. The first kappa shape index (κ1) is 12.1. The Morgan fingerprint density at radius 3 is 2.08 bits per heavy atom. The molecule has 0 unspecified atom stereocenters. The maximum Gasteiger partial charge on any atom is 0.325 e. The average molecular weight is 195 g/mol. The Hall–Kier alpha value is 0.110. The van der Waals surface area contributed by atoms with Crippen LogP contribution in [0.3, 0.4) is 0 Å². The summed E-state index contributed by atoms with van der Waals surface area (Å²) >= 11 is 0. The third-order valence-corrected chi connectivity index (χ3v) is 2.72. The van der Waals surface area contributed by atoms with Gasteiger partial charge in [-0.2, -0.15) is 0 Å². The minimum Gasteiger partial charge on any atom is -0.324 e. The van der Waals surface area contributed by atoms with Crippen molar-refractivity contribution in [2.45, 2.75) is 20.3 Å². The second kappa shape index (κ2) is 5.70. The maximum absolute atomic E-state index is 10.5. The summed E-state index contributed by atoms with van der Waals surface area (Å²) < 4.78 is 10.5. The van der Waals surface area contributed by atoms with Crippen molar-refractivity contribution >= 4 is 7.60 Å². The summed E-state index contributed by atoms with van der Waals surface area (Å²) in [5, 5.41) is 0. The van der Waals surface area contributed by atoms with E-state index < -0.39 is 7.60 Å². The molecule has 0 heterocycles. The van der Waals surface area contributed by atoms with Crippen molar-refractivity contribution in [1.82, 2.24) is 4.90 Å². The average Bonchev–Trinajstić information content (AvgIpc) is 1.96. The van der Waals surface area contributed by atoms with Gasteiger partial charge in [0.1, 0.15) is 0 Å². The molecule has 0 saturated carbocycles. The second-order valence-corrected chi connectivity index (χ2v) is 4.55. The molecule has 0 rings (SSSR count). The van der Waals surface area contributed by atoms with Gasteiger partial charge in [0, 0.05) is 0 Å². The van der Waals surface area contributed by atoms with Crippen LogP contribution in [0.15, 0.2) is 0 Å². The molecule has 2 N–H and O–H groups in total. The van der Waals surface area contributed by atoms with E-state index in [9.17, 15) is 4.57 Å². The summed E-state index contributed by atoms with van der Waals surface area (Å²) in [7, 11) is -3.77. The Kier molecular flexibility index (Phi) is 5.76. The van der Waals surface area contributed by atoms with Crippen molar-refractivity contribution in [1.29, 1.82) is 0 Å². The lowest BCUT2D eigenvalue weighted by Crippen LogP contribution is -2.24. The summed E-state index contributed by atoms with van der Waals surface area (Å²) in [6, 6.07) is 0. The zero-order valence-electron chi connectivity index (χ0n) is 7.73. The lowest BCUT2D eigenvalue weighted by molar-refractivity contribution is 0.299. The summed E-state index contributed by atoms with van der Waals surface area (Å²) in [4.78, 5) is 19.3. The van der Waals surface area contributed by atoms with Gasteiger partial charge in [-0.1, -0.05) is 13.8 Å². The van der Waals surface area contributed by atoms with Crippen LogP contribution in [0.5, 0.6) is 0 Å². The van der Waals surface area contributed by atoms with E-state index in [1.165, 1.54) is 0 Å². The molecule has 0 aromatic rings. The monoisotopic (exact) mass is 195 g/mol. The van der Waals surface area contributed by atoms with Gasteiger partial charge in [0.15, 0.2) is 0 Å². The van der Waals surface area contributed by atoms with Gasteiger partial charge in [0.05, 0.1) is 6.16 Å². The predicted molar refractivity (Wildman–Crippen MR) is 49.3 cm³/mol. The van der Waals surface area contributed by atoms with Crippen molar-refractivity contribution in [3.05, 3.63) is 0 Å². The molecule has 0 aliphatic carbocycles. The Morgan fingerprint density at radius 1 is 1.25 bits per heavy atom. The number of rotatable bonds is 6. The molecular formula is C7H18NO3P. The van der Waals surface area contributed by atoms with Crippen LogP contribution in [-0.2, 0) is 4.57 Å². The van der Waals surface area contributed by atoms with Gasteiger partial charge in [-0.15, -0.1) is 0 Å². The predicted octanol–water partition coefficient (Wildman–Crippen LogP) is 0.896. The molecule has 4 nitrogen and oxygen atoms in total. The molecule has 74 valence electrons. The Balaban J connectivity index is 3.48. The first-order valence-corrected chi connectivity index (χ1v) is 6.06. The molecule has 0 aromatic heterocycles. The van der Waals surface area contributed by atoms with Gasteiger partial charge in [0.25, 0.3) is 0 Å². The van der Waals surface area contributed by atoms with E-state index >= 15 is 0 Å². The molecule has 0 aliphatic rings. The van der Waals surface area contributed by atoms with Gasteiger partial charge in [0.2, 0.25) is 0 Å². The van der Waals surface area contributed by atoms with Crippen LogP contribution in [-0.4, -0.2) is 40.5 Å². The molecule has 0 radical (unpaired) electrons. The van der Waals surface area contributed by atoms with E-state index in [1.54, 1.807) is 0 Å². The van der Waals surface area contributed by atoms with Crippen LogP contribution < -0.4 is 0 Å². The van der Waals surface area contributed by atoms with E-state index in [-0.39, 0.29) is 6.16 Å². The quantitative estimate of drug-likeness (QED) is 0.618. The minimum atomic E-state index is -3.77. The van der Waals surface area contributed by atoms with Crippen LogP contribution in [0, 0.1) is 0 Å². The molecule has 0 saturated heterocycles. The minimum absolute atomic E-state index is 0.00347. The highest BCUT2D eigenvalue weighted by atomic mass is 31.2. The van der Waals surface area contributed by atoms with Crippen LogP contribution in [0.4, 0.5) is 0 Å². The summed E-state index contributed by atoms with van der Waals surface area (Å²) in [5.41, 5.74) is 0. The first-order chi connectivity index (χ1) is 5.49. The van der Waals surface area contributed by atoms with Crippen LogP contribution in [0.2, 0.25) is 0 Å². The van der Waals surface area contributed by atoms with E-state index in [0.717, 1.165) is 19.6 Å². The maximum atomic E-state index is 10.5. The van der Waals surface area contributed by atoms with Gasteiger partial charge in [-0.3, -0.25) is 4.57 Å². The lowest BCUT2D eigenvalue weighted by Gasteiger charge is -2.17. The largest absolute Gasteiger partial charge is 0.325 e. The Morgan fingerprint density at radius 2 is 1.75 bits per heavy atom. The molecule has 5 heteroatoms. The summed E-state index contributed by atoms with van der Waals surface area (Å²) in [6.07, 6.45) is 0.579. The van der Waals surface area contributed by atoms with Crippen molar-refractivity contribution in [2.24, 2.45) is 0 Å². The molecule has 0 aromatic carbocycles. The summed E-state index contributed by atoms with van der Waals surface area (Å²) in [5.74, 6) is 0. The molecule has 0 bridgehead atoms. The molecule has 0 fully saturated rings. The van der Waals surface area contributed by atoms with Crippen molar-refractivity contribution in [2.75, 3.05) is 25.8 Å². The second-order valence-electron chi connectivity index (χ2n) is 2.77. The standard InChI is InChI=1S/C7H18NO3P/c1-3-8(4-2)6-5-7-12(9,10)11/h3-7H2,1-2H3,(H2,9,10,11). The van der Waals surface area contributed by atoms with Gasteiger partial charge in [-0.05, 0) is 26.1 Å². The van der Waals surface area contributed by atoms with Crippen molar-refractivity contribution in [3.63, 3.8) is 0 Å². The third kappa shape index (κ3) is 6.80. The number of hydrogen-bond donors (Lipinski definition) is 2. The highest BCUT2D eigenvalue weighted by Gasteiger charge is 2.12. The van der Waals surface area contributed by atoms with Crippen molar-refractivity contribution < 1.29 is 14.4 Å². The fourth-order valence-electron chi connectivity index (χ4n) is 1.04.